The van der Waals surface area contributed by atoms with Crippen molar-refractivity contribution in [2.75, 3.05) is 0 Å². The summed E-state index contributed by atoms with van der Waals surface area (Å²) in [5.74, 6) is -0.973. The van der Waals surface area contributed by atoms with Gasteiger partial charge in [-0.15, -0.1) is 5.10 Å². The van der Waals surface area contributed by atoms with Crippen LogP contribution in [0.3, 0.4) is 0 Å². The van der Waals surface area contributed by atoms with Crippen LogP contribution in [0.1, 0.15) is 36.8 Å². The van der Waals surface area contributed by atoms with Crippen molar-refractivity contribution < 1.29 is 18.7 Å². The van der Waals surface area contributed by atoms with Crippen LogP contribution < -0.4 is 4.74 Å². The molecular weight excluding hydrogens is 405 g/mol. The zero-order chi connectivity index (χ0) is 18.6. The number of fused-ring (bicyclic) bond motifs is 2. The summed E-state index contributed by atoms with van der Waals surface area (Å²) in [4.78, 5) is 28.7. The third-order valence-corrected chi connectivity index (χ3v) is 5.40. The fourth-order valence-electron chi connectivity index (χ4n) is 3.74. The molecule has 0 radical (unpaired) electrons. The molecular formula is C18H15BrFN3O3. The summed E-state index contributed by atoms with van der Waals surface area (Å²) in [6.45, 7) is 1.29. The number of ether oxygens (including phenoxy) is 1. The van der Waals surface area contributed by atoms with Gasteiger partial charge >= 0.3 is 5.97 Å². The zero-order valence-electron chi connectivity index (χ0n) is 14.1. The van der Waals surface area contributed by atoms with E-state index in [0.29, 0.717) is 28.7 Å². The van der Waals surface area contributed by atoms with Gasteiger partial charge in [0.15, 0.2) is 5.82 Å². The number of hydrogen-bond acceptors (Lipinski definition) is 5. The highest BCUT2D eigenvalue weighted by atomic mass is 79.9. The van der Waals surface area contributed by atoms with Crippen LogP contribution in [0, 0.1) is 11.7 Å². The third-order valence-electron chi connectivity index (χ3n) is 4.79. The molecule has 0 saturated heterocycles. The molecule has 1 saturated carbocycles. The van der Waals surface area contributed by atoms with Crippen LogP contribution >= 0.6 is 15.9 Å². The Morgan fingerprint density at radius 1 is 1.35 bits per heavy atom. The maximum atomic E-state index is 13.7. The number of Topliss-reactive ketones (excluding diaryl/α,β-unsaturated/α-hetero) is 1. The van der Waals surface area contributed by atoms with Crippen molar-refractivity contribution in [1.82, 2.24) is 9.78 Å². The molecule has 134 valence electrons. The molecule has 2 aromatic rings. The molecule has 0 spiro atoms. The van der Waals surface area contributed by atoms with E-state index >= 15 is 0 Å². The van der Waals surface area contributed by atoms with Gasteiger partial charge in [-0.05, 0) is 40.0 Å². The minimum atomic E-state index is -0.502. The number of aliphatic imine (C=N–C) groups is 1. The first-order chi connectivity index (χ1) is 12.4. The van der Waals surface area contributed by atoms with Crippen molar-refractivity contribution >= 4 is 39.2 Å². The van der Waals surface area contributed by atoms with Crippen molar-refractivity contribution in [3.8, 4) is 5.88 Å². The minimum absolute atomic E-state index is 0.0810. The van der Waals surface area contributed by atoms with E-state index in [-0.39, 0.29) is 17.5 Å². The highest BCUT2D eigenvalue weighted by molar-refractivity contribution is 9.10. The van der Waals surface area contributed by atoms with E-state index in [2.05, 4.69) is 26.0 Å². The van der Waals surface area contributed by atoms with Gasteiger partial charge in [0.25, 0.3) is 0 Å². The Kier molecular flexibility index (Phi) is 4.02. The van der Waals surface area contributed by atoms with Gasteiger partial charge in [-0.2, -0.15) is 0 Å². The van der Waals surface area contributed by atoms with Gasteiger partial charge in [0.2, 0.25) is 5.88 Å². The number of rotatable bonds is 2. The Morgan fingerprint density at radius 3 is 2.81 bits per heavy atom. The van der Waals surface area contributed by atoms with E-state index in [9.17, 15) is 14.0 Å². The number of benzene rings is 1. The molecule has 2 heterocycles. The first kappa shape index (κ1) is 17.1. The summed E-state index contributed by atoms with van der Waals surface area (Å²) < 4.78 is 20.9. The van der Waals surface area contributed by atoms with E-state index in [0.717, 1.165) is 11.3 Å². The fraction of sp³-hybridized carbons (Fsp3) is 0.333. The third kappa shape index (κ3) is 2.59. The molecule has 2 atom stereocenters. The lowest BCUT2D eigenvalue weighted by Gasteiger charge is -2.27. The van der Waals surface area contributed by atoms with Gasteiger partial charge in [-0.3, -0.25) is 9.59 Å². The Balaban J connectivity index is 1.96. The molecule has 2 unspecified atom stereocenters. The lowest BCUT2D eigenvalue weighted by molar-refractivity contribution is -0.132. The summed E-state index contributed by atoms with van der Waals surface area (Å²) >= 11 is 3.21. The van der Waals surface area contributed by atoms with E-state index in [1.807, 2.05) is 0 Å². The van der Waals surface area contributed by atoms with E-state index in [4.69, 9.17) is 4.74 Å². The molecule has 6 nitrogen and oxygen atoms in total. The fourth-order valence-corrected chi connectivity index (χ4v) is 4.14. The van der Waals surface area contributed by atoms with Crippen LogP contribution in [0.5, 0.6) is 5.88 Å². The largest absolute Gasteiger partial charge is 0.406 e. The van der Waals surface area contributed by atoms with Crippen LogP contribution in [-0.2, 0) is 16.6 Å². The maximum Gasteiger partial charge on any atom is 0.309 e. The number of carbonyl (C=O) groups excluding carboxylic acids is 2. The number of ketones is 1. The summed E-state index contributed by atoms with van der Waals surface area (Å²) in [6.07, 6.45) is 1.02. The first-order valence-electron chi connectivity index (χ1n) is 8.17. The number of halogens is 2. The second-order valence-corrected chi connectivity index (χ2v) is 7.31. The van der Waals surface area contributed by atoms with Crippen molar-refractivity contribution in [2.24, 2.45) is 18.0 Å². The normalized spacial score (nSPS) is 21.2. The topological polar surface area (TPSA) is 73.5 Å². The van der Waals surface area contributed by atoms with Crippen molar-refractivity contribution in [1.29, 1.82) is 0 Å². The highest BCUT2D eigenvalue weighted by Crippen LogP contribution is 2.50. The molecule has 2 aliphatic rings. The van der Waals surface area contributed by atoms with Gasteiger partial charge in [0, 0.05) is 32.0 Å². The van der Waals surface area contributed by atoms with Gasteiger partial charge in [-0.1, -0.05) is 6.07 Å². The summed E-state index contributed by atoms with van der Waals surface area (Å²) in [7, 11) is 1.71. The minimum Gasteiger partial charge on any atom is -0.406 e. The molecule has 1 aromatic carbocycles. The van der Waals surface area contributed by atoms with Crippen LogP contribution in [0.25, 0.3) is 0 Å². The Hall–Kier alpha value is -2.35. The average molecular weight is 420 g/mol. The molecule has 26 heavy (non-hydrogen) atoms. The SMILES string of the molecule is CC(=O)Oc1nn(C)c2c1C(c1ccc(F)c(Br)c1)C1C(=O)CCC1=N2. The van der Waals surface area contributed by atoms with Crippen molar-refractivity contribution in [3.63, 3.8) is 0 Å². The quantitative estimate of drug-likeness (QED) is 0.698. The Labute approximate surface area is 157 Å². The number of hydrogen-bond donors (Lipinski definition) is 0. The van der Waals surface area contributed by atoms with E-state index in [1.165, 1.54) is 13.0 Å². The Bertz CT molecular complexity index is 982. The predicted octanol–water partition coefficient (Wildman–Crippen LogP) is 3.44. The second kappa shape index (κ2) is 6.12. The van der Waals surface area contributed by atoms with E-state index < -0.39 is 17.8 Å². The lowest BCUT2D eigenvalue weighted by atomic mass is 9.77. The summed E-state index contributed by atoms with van der Waals surface area (Å²) in [5, 5.41) is 4.27. The molecule has 0 N–H and O–H groups in total. The van der Waals surface area contributed by atoms with Crippen LogP contribution in [0.2, 0.25) is 0 Å². The maximum absolute atomic E-state index is 13.7. The number of carbonyl (C=O) groups is 2. The molecule has 1 aliphatic carbocycles. The van der Waals surface area contributed by atoms with Crippen molar-refractivity contribution in [2.45, 2.75) is 25.7 Å². The van der Waals surface area contributed by atoms with Gasteiger partial charge < -0.3 is 4.74 Å². The van der Waals surface area contributed by atoms with Crippen LogP contribution in [0.4, 0.5) is 10.2 Å². The van der Waals surface area contributed by atoms with E-state index in [1.54, 1.807) is 23.9 Å². The van der Waals surface area contributed by atoms with Crippen molar-refractivity contribution in [3.05, 3.63) is 39.6 Å². The summed E-state index contributed by atoms with van der Waals surface area (Å²) in [6, 6.07) is 4.66. The highest BCUT2D eigenvalue weighted by Gasteiger charge is 2.45. The number of esters is 1. The molecule has 0 amide bonds. The van der Waals surface area contributed by atoms with Gasteiger partial charge in [0.05, 0.1) is 16.0 Å². The zero-order valence-corrected chi connectivity index (χ0v) is 15.7. The number of aryl methyl sites for hydroxylation is 1. The predicted molar refractivity (Wildman–Crippen MR) is 95.3 cm³/mol. The van der Waals surface area contributed by atoms with Crippen LogP contribution in [0.15, 0.2) is 27.7 Å². The Morgan fingerprint density at radius 2 is 2.12 bits per heavy atom. The lowest BCUT2D eigenvalue weighted by Crippen LogP contribution is -2.27. The molecule has 1 aliphatic heterocycles. The molecule has 1 fully saturated rings. The van der Waals surface area contributed by atoms with Crippen LogP contribution in [-0.4, -0.2) is 27.2 Å². The second-order valence-electron chi connectivity index (χ2n) is 6.46. The standard InChI is InChI=1S/C18H15BrFN3O3/c1-8(24)26-18-16-14(9-3-4-11(20)10(19)7-9)15-12(5-6-13(15)25)21-17(16)23(2)22-18/h3-4,7,14-15H,5-6H2,1-2H3. The molecule has 8 heteroatoms. The number of aromatic nitrogens is 2. The molecule has 0 bridgehead atoms. The summed E-state index contributed by atoms with van der Waals surface area (Å²) in [5.41, 5.74) is 2.13. The first-order valence-corrected chi connectivity index (χ1v) is 8.96. The average Bonchev–Trinajstić information content (AvgIpc) is 3.09. The van der Waals surface area contributed by atoms with Gasteiger partial charge in [-0.25, -0.2) is 14.1 Å². The molecule has 1 aromatic heterocycles. The smallest absolute Gasteiger partial charge is 0.309 e. The molecule has 4 rings (SSSR count). The van der Waals surface area contributed by atoms with Gasteiger partial charge in [0.1, 0.15) is 11.6 Å². The number of nitrogens with zero attached hydrogens (tertiary/aromatic N) is 3. The monoisotopic (exact) mass is 419 g/mol.